The molecular formula is C22H14BrCl2N3O3. The third kappa shape index (κ3) is 4.74. The Kier molecular flexibility index (Phi) is 6.27. The Bertz CT molecular complexity index is 1390. The molecule has 0 aliphatic rings. The lowest BCUT2D eigenvalue weighted by Gasteiger charge is -2.11. The van der Waals surface area contributed by atoms with Crippen LogP contribution in [0, 0.1) is 0 Å². The summed E-state index contributed by atoms with van der Waals surface area (Å²) in [7, 11) is 0. The van der Waals surface area contributed by atoms with Crippen molar-refractivity contribution in [3.8, 4) is 5.75 Å². The van der Waals surface area contributed by atoms with Gasteiger partial charge in [-0.3, -0.25) is 4.79 Å². The summed E-state index contributed by atoms with van der Waals surface area (Å²) < 4.78 is 7.20. The average Bonchev–Trinajstić information content (AvgIpc) is 2.74. The van der Waals surface area contributed by atoms with E-state index in [1.165, 1.54) is 6.21 Å². The summed E-state index contributed by atoms with van der Waals surface area (Å²) >= 11 is 15.7. The number of nitrogens with zero attached hydrogens (tertiary/aromatic N) is 2. The van der Waals surface area contributed by atoms with Crippen molar-refractivity contribution in [3.05, 3.63) is 107 Å². The zero-order chi connectivity index (χ0) is 22.0. The van der Waals surface area contributed by atoms with Gasteiger partial charge in [-0.15, -0.1) is 4.68 Å². The Balaban J connectivity index is 1.59. The number of aromatic nitrogens is 2. The molecule has 0 aliphatic carbocycles. The second-order valence-electron chi connectivity index (χ2n) is 6.57. The van der Waals surface area contributed by atoms with Gasteiger partial charge in [0.2, 0.25) is 0 Å². The zero-order valence-corrected chi connectivity index (χ0v) is 18.9. The molecule has 0 fully saturated rings. The van der Waals surface area contributed by atoms with Crippen LogP contribution in [0.25, 0.3) is 10.9 Å². The summed E-state index contributed by atoms with van der Waals surface area (Å²) in [6, 6.07) is 17.4. The number of H-pyrrole nitrogens is 1. The van der Waals surface area contributed by atoms with Gasteiger partial charge in [0, 0.05) is 5.02 Å². The molecule has 0 aliphatic heterocycles. The molecule has 0 amide bonds. The Labute approximate surface area is 194 Å². The minimum Gasteiger partial charge on any atom is -0.486 e. The van der Waals surface area contributed by atoms with Crippen LogP contribution in [0.4, 0.5) is 0 Å². The molecule has 0 saturated heterocycles. The van der Waals surface area contributed by atoms with Crippen molar-refractivity contribution in [2.45, 2.75) is 6.61 Å². The highest BCUT2D eigenvalue weighted by Gasteiger charge is 2.10. The van der Waals surface area contributed by atoms with Gasteiger partial charge in [0.25, 0.3) is 5.56 Å². The normalized spacial score (nSPS) is 11.3. The summed E-state index contributed by atoms with van der Waals surface area (Å²) in [5, 5.41) is 5.41. The lowest BCUT2D eigenvalue weighted by Crippen LogP contribution is -2.32. The van der Waals surface area contributed by atoms with E-state index in [4.69, 9.17) is 27.9 Å². The van der Waals surface area contributed by atoms with E-state index < -0.39 is 11.2 Å². The first-order valence-corrected chi connectivity index (χ1v) is 10.6. The number of fused-ring (bicyclic) bond motifs is 1. The highest BCUT2D eigenvalue weighted by atomic mass is 79.9. The summed E-state index contributed by atoms with van der Waals surface area (Å²) in [5.41, 5.74) is 0.830. The highest BCUT2D eigenvalue weighted by molar-refractivity contribution is 9.10. The van der Waals surface area contributed by atoms with Crippen LogP contribution in [-0.2, 0) is 6.61 Å². The first kappa shape index (κ1) is 21.4. The Morgan fingerprint density at radius 3 is 2.55 bits per heavy atom. The molecule has 0 atom stereocenters. The van der Waals surface area contributed by atoms with Gasteiger partial charge in [-0.1, -0.05) is 47.5 Å². The second kappa shape index (κ2) is 9.09. The van der Waals surface area contributed by atoms with Crippen LogP contribution < -0.4 is 16.0 Å². The number of rotatable bonds is 5. The summed E-state index contributed by atoms with van der Waals surface area (Å²) in [6.45, 7) is 0.310. The Hall–Kier alpha value is -2.87. The molecule has 0 unspecified atom stereocenters. The first-order chi connectivity index (χ1) is 14.9. The molecule has 0 bridgehead atoms. The summed E-state index contributed by atoms with van der Waals surface area (Å²) in [5.74, 6) is 0.467. The summed E-state index contributed by atoms with van der Waals surface area (Å²) in [4.78, 5) is 27.4. The lowest BCUT2D eigenvalue weighted by molar-refractivity contribution is 0.304. The maximum atomic E-state index is 12.6. The standard InChI is InChI=1S/C22H14BrCl2N3O3/c23-17-9-14(10-18(25)20(17)31-12-13-5-7-15(24)8-6-13)11-26-28-21(29)16-3-1-2-4-19(16)27-22(28)30/h1-11H,12H2,(H,27,30). The van der Waals surface area contributed by atoms with Crippen LogP contribution >= 0.6 is 39.1 Å². The number of hydrogen-bond acceptors (Lipinski definition) is 4. The highest BCUT2D eigenvalue weighted by Crippen LogP contribution is 2.34. The van der Waals surface area contributed by atoms with Gasteiger partial charge in [0.15, 0.2) is 5.75 Å². The molecule has 4 rings (SSSR count). The van der Waals surface area contributed by atoms with Crippen molar-refractivity contribution in [2.75, 3.05) is 0 Å². The number of benzene rings is 3. The second-order valence-corrected chi connectivity index (χ2v) is 8.26. The van der Waals surface area contributed by atoms with E-state index >= 15 is 0 Å². The van der Waals surface area contributed by atoms with Gasteiger partial charge in [0.1, 0.15) is 6.61 Å². The topological polar surface area (TPSA) is 76.5 Å². The molecule has 31 heavy (non-hydrogen) atoms. The Morgan fingerprint density at radius 1 is 1.06 bits per heavy atom. The molecule has 1 heterocycles. The zero-order valence-electron chi connectivity index (χ0n) is 15.8. The maximum Gasteiger partial charge on any atom is 0.349 e. The van der Waals surface area contributed by atoms with Crippen molar-refractivity contribution in [2.24, 2.45) is 5.10 Å². The minimum atomic E-state index is -0.631. The van der Waals surface area contributed by atoms with E-state index in [9.17, 15) is 9.59 Å². The molecule has 156 valence electrons. The SMILES string of the molecule is O=c1[nH]c2ccccc2c(=O)n1N=Cc1cc(Cl)c(OCc2ccc(Cl)cc2)c(Br)c1. The van der Waals surface area contributed by atoms with Gasteiger partial charge < -0.3 is 9.72 Å². The molecule has 6 nitrogen and oxygen atoms in total. The number of para-hydroxylation sites is 1. The van der Waals surface area contributed by atoms with Crippen LogP contribution in [0.2, 0.25) is 10.0 Å². The molecule has 1 N–H and O–H groups in total. The van der Waals surface area contributed by atoms with Gasteiger partial charge in [-0.2, -0.15) is 5.10 Å². The van der Waals surface area contributed by atoms with E-state index in [2.05, 4.69) is 26.0 Å². The molecule has 0 spiro atoms. The van der Waals surface area contributed by atoms with Crippen molar-refractivity contribution in [1.29, 1.82) is 0 Å². The fraction of sp³-hybridized carbons (Fsp3) is 0.0455. The predicted octanol–water partition coefficient (Wildman–Crippen LogP) is 5.22. The lowest BCUT2D eigenvalue weighted by atomic mass is 10.2. The fourth-order valence-corrected chi connectivity index (χ4v) is 4.03. The van der Waals surface area contributed by atoms with Crippen molar-refractivity contribution in [3.63, 3.8) is 0 Å². The van der Waals surface area contributed by atoms with Gasteiger partial charge in [-0.05, 0) is 63.5 Å². The van der Waals surface area contributed by atoms with Gasteiger partial charge >= 0.3 is 5.69 Å². The largest absolute Gasteiger partial charge is 0.486 e. The molecule has 0 saturated carbocycles. The predicted molar refractivity (Wildman–Crippen MR) is 127 cm³/mol. The fourth-order valence-electron chi connectivity index (χ4n) is 2.91. The average molecular weight is 519 g/mol. The number of halogens is 3. The first-order valence-electron chi connectivity index (χ1n) is 9.07. The quantitative estimate of drug-likeness (QED) is 0.368. The van der Waals surface area contributed by atoms with E-state index in [-0.39, 0.29) is 0 Å². The molecule has 0 radical (unpaired) electrons. The monoisotopic (exact) mass is 517 g/mol. The van der Waals surface area contributed by atoms with Crippen LogP contribution in [-0.4, -0.2) is 15.9 Å². The van der Waals surface area contributed by atoms with E-state index in [0.29, 0.717) is 43.3 Å². The van der Waals surface area contributed by atoms with E-state index in [1.807, 2.05) is 12.1 Å². The van der Waals surface area contributed by atoms with Crippen molar-refractivity contribution >= 4 is 56.2 Å². The number of aromatic amines is 1. The summed E-state index contributed by atoms with van der Waals surface area (Å²) in [6.07, 6.45) is 1.38. The number of hydrogen-bond donors (Lipinski definition) is 1. The van der Waals surface area contributed by atoms with Crippen molar-refractivity contribution < 1.29 is 4.74 Å². The minimum absolute atomic E-state index is 0.310. The van der Waals surface area contributed by atoms with Crippen molar-refractivity contribution in [1.82, 2.24) is 9.66 Å². The number of nitrogens with one attached hydrogen (secondary N) is 1. The third-order valence-electron chi connectivity index (χ3n) is 4.42. The van der Waals surface area contributed by atoms with E-state index in [1.54, 1.807) is 48.5 Å². The molecule has 1 aromatic heterocycles. The van der Waals surface area contributed by atoms with Crippen LogP contribution in [0.15, 0.2) is 79.8 Å². The van der Waals surface area contributed by atoms with Crippen LogP contribution in [0.5, 0.6) is 5.75 Å². The number of ether oxygens (including phenoxy) is 1. The molecular weight excluding hydrogens is 505 g/mol. The molecule has 4 aromatic rings. The maximum absolute atomic E-state index is 12.6. The van der Waals surface area contributed by atoms with Gasteiger partial charge in [0.05, 0.1) is 26.6 Å². The smallest absolute Gasteiger partial charge is 0.349 e. The van der Waals surface area contributed by atoms with Crippen LogP contribution in [0.3, 0.4) is 0 Å². The van der Waals surface area contributed by atoms with E-state index in [0.717, 1.165) is 10.2 Å². The molecule has 3 aromatic carbocycles. The Morgan fingerprint density at radius 2 is 1.81 bits per heavy atom. The third-order valence-corrected chi connectivity index (χ3v) is 5.54. The van der Waals surface area contributed by atoms with Crippen LogP contribution in [0.1, 0.15) is 11.1 Å². The van der Waals surface area contributed by atoms with Gasteiger partial charge in [-0.25, -0.2) is 4.79 Å². The molecule has 9 heteroatoms.